The van der Waals surface area contributed by atoms with Crippen molar-refractivity contribution >= 4 is 11.5 Å². The molecule has 0 amide bonds. The second-order valence-corrected chi connectivity index (χ2v) is 5.43. The lowest BCUT2D eigenvalue weighted by molar-refractivity contribution is -0.101. The predicted octanol–water partition coefficient (Wildman–Crippen LogP) is 1.72. The Morgan fingerprint density at radius 2 is 2.00 bits per heavy atom. The Labute approximate surface area is 140 Å². The number of anilines is 2. The molecule has 0 spiro atoms. The van der Waals surface area contributed by atoms with Gasteiger partial charge in [-0.1, -0.05) is 12.1 Å². The van der Waals surface area contributed by atoms with E-state index >= 15 is 0 Å². The quantitative estimate of drug-likeness (QED) is 0.804. The van der Waals surface area contributed by atoms with Gasteiger partial charge < -0.3 is 30.4 Å². The highest BCUT2D eigenvalue weighted by atomic mass is 16.6. The molecule has 7 nitrogen and oxygen atoms in total. The molecule has 1 atom stereocenters. The highest BCUT2D eigenvalue weighted by Gasteiger charge is 2.18. The van der Waals surface area contributed by atoms with Crippen molar-refractivity contribution in [1.82, 2.24) is 4.98 Å². The van der Waals surface area contributed by atoms with E-state index < -0.39 is 0 Å². The fourth-order valence-electron chi connectivity index (χ4n) is 2.45. The summed E-state index contributed by atoms with van der Waals surface area (Å²) in [6.45, 7) is 2.05. The first-order chi connectivity index (χ1) is 11.7. The highest BCUT2D eigenvalue weighted by molar-refractivity contribution is 5.77. The summed E-state index contributed by atoms with van der Waals surface area (Å²) in [4.78, 5) is 4.28. The molecule has 0 radical (unpaired) electrons. The summed E-state index contributed by atoms with van der Waals surface area (Å²) in [7, 11) is 1.53. The minimum Gasteiger partial charge on any atom is -0.485 e. The number of nitrogen functional groups attached to an aromatic ring is 2. The number of aromatic nitrogens is 1. The maximum atomic E-state index is 6.05. The van der Waals surface area contributed by atoms with Crippen LogP contribution < -0.4 is 20.9 Å². The summed E-state index contributed by atoms with van der Waals surface area (Å²) in [5.74, 6) is 1.21. The number of methoxy groups -OCH3 is 1. The first-order valence-electron chi connectivity index (χ1n) is 7.70. The van der Waals surface area contributed by atoms with E-state index in [0.29, 0.717) is 49.6 Å². The molecule has 4 N–H and O–H groups in total. The van der Waals surface area contributed by atoms with Gasteiger partial charge in [-0.3, -0.25) is 0 Å². The Hall–Kier alpha value is -2.51. The lowest BCUT2D eigenvalue weighted by atomic mass is 10.1. The third-order valence-corrected chi connectivity index (χ3v) is 3.71. The highest BCUT2D eigenvalue weighted by Crippen LogP contribution is 2.35. The number of nitrogens with two attached hydrogens (primary N) is 2. The first-order valence-corrected chi connectivity index (χ1v) is 7.70. The van der Waals surface area contributed by atoms with Gasteiger partial charge in [-0.15, -0.1) is 0 Å². The lowest BCUT2D eigenvalue weighted by Gasteiger charge is -2.23. The topological polar surface area (TPSA) is 102 Å². The number of nitrogens with zero attached hydrogens (tertiary/aromatic N) is 1. The van der Waals surface area contributed by atoms with Gasteiger partial charge in [0.15, 0.2) is 5.75 Å². The van der Waals surface area contributed by atoms with Crippen molar-refractivity contribution < 1.29 is 18.9 Å². The molecule has 3 rings (SSSR count). The summed E-state index contributed by atoms with van der Waals surface area (Å²) in [5, 5.41) is 0. The van der Waals surface area contributed by atoms with Gasteiger partial charge in [0.25, 0.3) is 5.88 Å². The van der Waals surface area contributed by atoms with Crippen LogP contribution in [0.3, 0.4) is 0 Å². The summed E-state index contributed by atoms with van der Waals surface area (Å²) in [6, 6.07) is 9.21. The second-order valence-electron chi connectivity index (χ2n) is 5.43. The SMILES string of the molecule is COc1nc(N)c(-c2ccc(N)cc2)cc1OC[C@H]1COCCO1. The van der Waals surface area contributed by atoms with Gasteiger partial charge >= 0.3 is 0 Å². The van der Waals surface area contributed by atoms with Crippen molar-refractivity contribution in [3.05, 3.63) is 30.3 Å². The Morgan fingerprint density at radius 3 is 2.67 bits per heavy atom. The van der Waals surface area contributed by atoms with E-state index in [1.54, 1.807) is 0 Å². The van der Waals surface area contributed by atoms with E-state index in [1.165, 1.54) is 7.11 Å². The van der Waals surface area contributed by atoms with Crippen LogP contribution in [0.1, 0.15) is 0 Å². The Balaban J connectivity index is 1.83. The van der Waals surface area contributed by atoms with Crippen molar-refractivity contribution in [2.24, 2.45) is 0 Å². The van der Waals surface area contributed by atoms with E-state index in [9.17, 15) is 0 Å². The van der Waals surface area contributed by atoms with Crippen LogP contribution in [0.4, 0.5) is 11.5 Å². The molecule has 128 valence electrons. The molecule has 1 saturated heterocycles. The molecule has 0 saturated carbocycles. The van der Waals surface area contributed by atoms with E-state index in [0.717, 1.165) is 11.1 Å². The maximum absolute atomic E-state index is 6.05. The number of benzene rings is 1. The molecule has 1 fully saturated rings. The third-order valence-electron chi connectivity index (χ3n) is 3.71. The molecule has 0 aliphatic carbocycles. The first kappa shape index (κ1) is 16.4. The van der Waals surface area contributed by atoms with Crippen molar-refractivity contribution in [3.8, 4) is 22.8 Å². The molecule has 24 heavy (non-hydrogen) atoms. The van der Waals surface area contributed by atoms with E-state index in [2.05, 4.69) is 4.98 Å². The van der Waals surface area contributed by atoms with Gasteiger partial charge in [-0.25, -0.2) is 0 Å². The Bertz CT molecular complexity index is 685. The molecule has 0 unspecified atom stereocenters. The normalized spacial score (nSPS) is 17.5. The molecule has 2 heterocycles. The number of ether oxygens (including phenoxy) is 4. The number of hydrogen-bond donors (Lipinski definition) is 2. The fourth-order valence-corrected chi connectivity index (χ4v) is 2.45. The summed E-state index contributed by atoms with van der Waals surface area (Å²) < 4.78 is 22.0. The molecule has 7 heteroatoms. The molecular formula is C17H21N3O4. The van der Waals surface area contributed by atoms with Crippen molar-refractivity contribution in [2.45, 2.75) is 6.10 Å². The van der Waals surface area contributed by atoms with E-state index in [4.69, 9.17) is 30.4 Å². The van der Waals surface area contributed by atoms with Gasteiger partial charge in [0.05, 0.1) is 26.9 Å². The van der Waals surface area contributed by atoms with Gasteiger partial charge in [0, 0.05) is 11.3 Å². The number of hydrogen-bond acceptors (Lipinski definition) is 7. The van der Waals surface area contributed by atoms with Crippen LogP contribution in [-0.4, -0.2) is 44.6 Å². The fraction of sp³-hybridized carbons (Fsp3) is 0.353. The van der Waals surface area contributed by atoms with Crippen molar-refractivity contribution in [2.75, 3.05) is 45.0 Å². The lowest BCUT2D eigenvalue weighted by Crippen LogP contribution is -2.33. The third kappa shape index (κ3) is 3.69. The minimum atomic E-state index is -0.110. The van der Waals surface area contributed by atoms with E-state index in [1.807, 2.05) is 30.3 Å². The molecule has 0 bridgehead atoms. The number of pyridine rings is 1. The molecule has 1 aromatic heterocycles. The van der Waals surface area contributed by atoms with Gasteiger partial charge in [-0.05, 0) is 23.8 Å². The van der Waals surface area contributed by atoms with Crippen LogP contribution >= 0.6 is 0 Å². The number of rotatable bonds is 5. The van der Waals surface area contributed by atoms with Crippen LogP contribution in [0.25, 0.3) is 11.1 Å². The molecule has 2 aromatic rings. The van der Waals surface area contributed by atoms with Gasteiger partial charge in [0.1, 0.15) is 18.5 Å². The second kappa shape index (κ2) is 7.37. The average Bonchev–Trinajstić information content (AvgIpc) is 2.62. The van der Waals surface area contributed by atoms with Gasteiger partial charge in [0.2, 0.25) is 0 Å². The monoisotopic (exact) mass is 331 g/mol. The summed E-state index contributed by atoms with van der Waals surface area (Å²) in [5.41, 5.74) is 14.1. The minimum absolute atomic E-state index is 0.110. The largest absolute Gasteiger partial charge is 0.485 e. The Morgan fingerprint density at radius 1 is 1.21 bits per heavy atom. The summed E-state index contributed by atoms with van der Waals surface area (Å²) in [6.07, 6.45) is -0.110. The predicted molar refractivity (Wildman–Crippen MR) is 91.1 cm³/mol. The van der Waals surface area contributed by atoms with E-state index in [-0.39, 0.29) is 6.10 Å². The summed E-state index contributed by atoms with van der Waals surface area (Å²) >= 11 is 0. The van der Waals surface area contributed by atoms with Crippen LogP contribution in [0, 0.1) is 0 Å². The maximum Gasteiger partial charge on any atom is 0.258 e. The van der Waals surface area contributed by atoms with Crippen LogP contribution in [0.5, 0.6) is 11.6 Å². The Kier molecular flexibility index (Phi) is 5.02. The standard InChI is InChI=1S/C17H21N3O4/c1-21-17-15(24-10-13-9-22-6-7-23-13)8-14(16(19)20-17)11-2-4-12(18)5-3-11/h2-5,8,13H,6-7,9-10,18H2,1H3,(H2,19,20)/t13-/m1/s1. The molecule has 1 aromatic carbocycles. The zero-order valence-electron chi connectivity index (χ0n) is 13.5. The van der Waals surface area contributed by atoms with Crippen LogP contribution in [0.15, 0.2) is 30.3 Å². The van der Waals surface area contributed by atoms with Crippen LogP contribution in [-0.2, 0) is 9.47 Å². The van der Waals surface area contributed by atoms with Crippen molar-refractivity contribution in [3.63, 3.8) is 0 Å². The zero-order valence-corrected chi connectivity index (χ0v) is 13.5. The van der Waals surface area contributed by atoms with Crippen molar-refractivity contribution in [1.29, 1.82) is 0 Å². The zero-order chi connectivity index (χ0) is 16.9. The average molecular weight is 331 g/mol. The smallest absolute Gasteiger partial charge is 0.258 e. The molecule has 1 aliphatic rings. The molecule has 1 aliphatic heterocycles. The van der Waals surface area contributed by atoms with Crippen LogP contribution in [0.2, 0.25) is 0 Å². The van der Waals surface area contributed by atoms with Gasteiger partial charge in [-0.2, -0.15) is 4.98 Å². The molecular weight excluding hydrogens is 310 g/mol.